The van der Waals surface area contributed by atoms with E-state index in [2.05, 4.69) is 18.2 Å². The van der Waals surface area contributed by atoms with Crippen LogP contribution in [0.1, 0.15) is 28.2 Å². The number of hydrogen-bond donors (Lipinski definition) is 1. The van der Waals surface area contributed by atoms with Crippen molar-refractivity contribution in [2.45, 2.75) is 11.5 Å². The largest absolute Gasteiger partial charge is 0.379 e. The molecule has 1 nitrogen and oxygen atoms in total. The van der Waals surface area contributed by atoms with Crippen LogP contribution < -0.4 is 0 Å². The van der Waals surface area contributed by atoms with Crippen LogP contribution in [0.3, 0.4) is 0 Å². The highest BCUT2D eigenvalue weighted by Gasteiger charge is 2.52. The zero-order valence-corrected chi connectivity index (χ0v) is 11.6. The molecule has 21 heavy (non-hydrogen) atoms. The van der Waals surface area contributed by atoms with Crippen molar-refractivity contribution < 1.29 is 5.11 Å². The summed E-state index contributed by atoms with van der Waals surface area (Å²) in [5.41, 5.74) is 3.42. The van der Waals surface area contributed by atoms with Gasteiger partial charge in [0.25, 0.3) is 0 Å². The van der Waals surface area contributed by atoms with Crippen molar-refractivity contribution in [1.82, 2.24) is 0 Å². The molecule has 1 aliphatic rings. The molecule has 0 spiro atoms. The van der Waals surface area contributed by atoms with Gasteiger partial charge in [0.15, 0.2) is 0 Å². The van der Waals surface area contributed by atoms with E-state index in [0.29, 0.717) is 0 Å². The molecule has 0 aromatic heterocycles. The quantitative estimate of drug-likeness (QED) is 0.745. The maximum Gasteiger partial charge on any atom is 0.126 e. The first-order valence-corrected chi connectivity index (χ1v) is 7.24. The average molecular weight is 272 g/mol. The molecule has 0 saturated carbocycles. The number of hydrogen-bond acceptors (Lipinski definition) is 1. The van der Waals surface area contributed by atoms with Gasteiger partial charge < -0.3 is 5.11 Å². The Morgan fingerprint density at radius 3 is 1.95 bits per heavy atom. The Bertz CT molecular complexity index is 764. The Labute approximate surface area is 124 Å². The van der Waals surface area contributed by atoms with E-state index in [9.17, 15) is 5.11 Å². The smallest absolute Gasteiger partial charge is 0.126 e. The summed E-state index contributed by atoms with van der Waals surface area (Å²) >= 11 is 0. The maximum atomic E-state index is 11.4. The van der Waals surface area contributed by atoms with Crippen LogP contribution in [0, 0.1) is 0 Å². The van der Waals surface area contributed by atoms with E-state index < -0.39 is 5.60 Å². The van der Waals surface area contributed by atoms with Crippen LogP contribution in [-0.2, 0) is 5.60 Å². The standard InChI is InChI=1S/C20H16O/c21-20(16-11-5-2-6-12-16)18-14-8-7-13-17(18)19(20)15-9-3-1-4-10-15/h1-14,19,21H/t19-,20-/m1/s1. The number of fused-ring (bicyclic) bond motifs is 1. The minimum absolute atomic E-state index is 0.00250. The number of rotatable bonds is 2. The Hall–Kier alpha value is -2.38. The first-order valence-electron chi connectivity index (χ1n) is 7.24. The summed E-state index contributed by atoms with van der Waals surface area (Å²) in [4.78, 5) is 0. The van der Waals surface area contributed by atoms with Crippen LogP contribution in [0.2, 0.25) is 0 Å². The highest BCUT2D eigenvalue weighted by molar-refractivity contribution is 5.59. The Kier molecular flexibility index (Phi) is 2.69. The van der Waals surface area contributed by atoms with Gasteiger partial charge in [0.1, 0.15) is 5.60 Å². The summed E-state index contributed by atoms with van der Waals surface area (Å²) in [5.74, 6) is -0.00250. The molecular weight excluding hydrogens is 256 g/mol. The zero-order valence-electron chi connectivity index (χ0n) is 11.6. The van der Waals surface area contributed by atoms with Crippen molar-refractivity contribution in [2.75, 3.05) is 0 Å². The van der Waals surface area contributed by atoms with E-state index in [1.165, 1.54) is 5.56 Å². The summed E-state index contributed by atoms with van der Waals surface area (Å²) < 4.78 is 0. The summed E-state index contributed by atoms with van der Waals surface area (Å²) in [7, 11) is 0. The highest BCUT2D eigenvalue weighted by atomic mass is 16.3. The second-order valence-electron chi connectivity index (χ2n) is 5.56. The Balaban J connectivity index is 1.93. The summed E-state index contributed by atoms with van der Waals surface area (Å²) in [6, 6.07) is 28.4. The van der Waals surface area contributed by atoms with Gasteiger partial charge in [-0.2, -0.15) is 0 Å². The van der Waals surface area contributed by atoms with E-state index in [0.717, 1.165) is 16.7 Å². The van der Waals surface area contributed by atoms with E-state index in [4.69, 9.17) is 0 Å². The fraction of sp³-hybridized carbons (Fsp3) is 0.100. The molecular formula is C20H16O. The van der Waals surface area contributed by atoms with Gasteiger partial charge >= 0.3 is 0 Å². The summed E-state index contributed by atoms with van der Waals surface area (Å²) in [6.45, 7) is 0. The van der Waals surface area contributed by atoms with Gasteiger partial charge in [-0.15, -0.1) is 0 Å². The van der Waals surface area contributed by atoms with Crippen molar-refractivity contribution in [3.8, 4) is 0 Å². The van der Waals surface area contributed by atoms with E-state index in [-0.39, 0.29) is 5.92 Å². The van der Waals surface area contributed by atoms with Crippen LogP contribution in [0.15, 0.2) is 84.9 Å². The van der Waals surface area contributed by atoms with Gasteiger partial charge in [-0.25, -0.2) is 0 Å². The lowest BCUT2D eigenvalue weighted by Gasteiger charge is -2.48. The van der Waals surface area contributed by atoms with E-state index >= 15 is 0 Å². The summed E-state index contributed by atoms with van der Waals surface area (Å²) in [5, 5.41) is 11.4. The molecule has 2 atom stereocenters. The van der Waals surface area contributed by atoms with Gasteiger partial charge in [0.05, 0.1) is 0 Å². The predicted molar refractivity (Wildman–Crippen MR) is 84.2 cm³/mol. The predicted octanol–water partition coefficient (Wildman–Crippen LogP) is 4.07. The average Bonchev–Trinajstić information content (AvgIpc) is 2.56. The fourth-order valence-corrected chi connectivity index (χ4v) is 3.48. The molecule has 3 aromatic carbocycles. The van der Waals surface area contributed by atoms with Crippen LogP contribution in [0.25, 0.3) is 0 Å². The molecule has 0 fully saturated rings. The van der Waals surface area contributed by atoms with Crippen LogP contribution >= 0.6 is 0 Å². The van der Waals surface area contributed by atoms with Crippen molar-refractivity contribution in [3.63, 3.8) is 0 Å². The molecule has 3 aromatic rings. The van der Waals surface area contributed by atoms with Crippen molar-refractivity contribution in [3.05, 3.63) is 107 Å². The van der Waals surface area contributed by atoms with Crippen molar-refractivity contribution in [2.24, 2.45) is 0 Å². The van der Waals surface area contributed by atoms with Gasteiger partial charge in [0, 0.05) is 5.92 Å². The zero-order chi connectivity index (χ0) is 14.3. The monoisotopic (exact) mass is 272 g/mol. The molecule has 102 valence electrons. The molecule has 1 heteroatoms. The van der Waals surface area contributed by atoms with Gasteiger partial charge in [-0.05, 0) is 22.3 Å². The maximum absolute atomic E-state index is 11.4. The van der Waals surface area contributed by atoms with Crippen LogP contribution in [-0.4, -0.2) is 5.11 Å². The Morgan fingerprint density at radius 1 is 0.667 bits per heavy atom. The second kappa shape index (κ2) is 4.57. The third-order valence-corrected chi connectivity index (χ3v) is 4.45. The molecule has 0 amide bonds. The molecule has 0 unspecified atom stereocenters. The summed E-state index contributed by atoms with van der Waals surface area (Å²) in [6.07, 6.45) is 0. The van der Waals surface area contributed by atoms with Crippen LogP contribution in [0.4, 0.5) is 0 Å². The number of aliphatic hydroxyl groups is 1. The lowest BCUT2D eigenvalue weighted by molar-refractivity contribution is 0.0353. The molecule has 0 radical (unpaired) electrons. The first-order chi connectivity index (χ1) is 10.3. The lowest BCUT2D eigenvalue weighted by Crippen LogP contribution is -2.45. The SMILES string of the molecule is O[C@]1(c2ccccc2)c2ccccc2[C@H]1c1ccccc1. The third kappa shape index (κ3) is 1.68. The third-order valence-electron chi connectivity index (χ3n) is 4.45. The van der Waals surface area contributed by atoms with E-state index in [1.807, 2.05) is 66.7 Å². The first kappa shape index (κ1) is 12.4. The minimum Gasteiger partial charge on any atom is -0.379 e. The molecule has 0 saturated heterocycles. The minimum atomic E-state index is -0.931. The fourth-order valence-electron chi connectivity index (χ4n) is 3.48. The normalized spacial score (nSPS) is 23.2. The van der Waals surface area contributed by atoms with Gasteiger partial charge in [-0.3, -0.25) is 0 Å². The second-order valence-corrected chi connectivity index (χ2v) is 5.56. The molecule has 0 bridgehead atoms. The lowest BCUT2D eigenvalue weighted by atomic mass is 9.59. The van der Waals surface area contributed by atoms with E-state index in [1.54, 1.807) is 0 Å². The molecule has 1 N–H and O–H groups in total. The Morgan fingerprint density at radius 2 is 1.24 bits per heavy atom. The van der Waals surface area contributed by atoms with Gasteiger partial charge in [0.2, 0.25) is 0 Å². The topological polar surface area (TPSA) is 20.2 Å². The number of benzene rings is 3. The van der Waals surface area contributed by atoms with Crippen molar-refractivity contribution >= 4 is 0 Å². The molecule has 0 heterocycles. The van der Waals surface area contributed by atoms with Crippen LogP contribution in [0.5, 0.6) is 0 Å². The molecule has 4 rings (SSSR count). The highest BCUT2D eigenvalue weighted by Crippen LogP contribution is 2.56. The molecule has 0 aliphatic heterocycles. The molecule has 1 aliphatic carbocycles. The van der Waals surface area contributed by atoms with Gasteiger partial charge in [-0.1, -0.05) is 84.9 Å². The van der Waals surface area contributed by atoms with Crippen molar-refractivity contribution in [1.29, 1.82) is 0 Å².